The summed E-state index contributed by atoms with van der Waals surface area (Å²) >= 11 is 0. The first kappa shape index (κ1) is 22.2. The molecule has 0 aromatic heterocycles. The summed E-state index contributed by atoms with van der Waals surface area (Å²) < 4.78 is 0. The normalized spacial score (nSPS) is 15.9. The van der Waals surface area contributed by atoms with Gasteiger partial charge in [-0.3, -0.25) is 4.90 Å². The number of hydrogen-bond acceptors (Lipinski definition) is 2. The number of guanidine groups is 1. The first-order valence-electron chi connectivity index (χ1n) is 9.47. The molecule has 0 bridgehead atoms. The van der Waals surface area contributed by atoms with E-state index < -0.39 is 0 Å². The Balaban J connectivity index is 0.00000312. The zero-order valence-electron chi connectivity index (χ0n) is 16.1. The fraction of sp³-hybridized carbons (Fsp3) is 0.650. The molecular formula is C20H35IN4. The van der Waals surface area contributed by atoms with Crippen LogP contribution in [0.3, 0.4) is 0 Å². The van der Waals surface area contributed by atoms with E-state index in [1.54, 1.807) is 0 Å². The third kappa shape index (κ3) is 6.77. The van der Waals surface area contributed by atoms with Crippen molar-refractivity contribution in [3.8, 4) is 0 Å². The molecule has 1 fully saturated rings. The maximum atomic E-state index is 6.12. The number of aliphatic imine (C=N–C) groups is 1. The van der Waals surface area contributed by atoms with Crippen LogP contribution in [0.15, 0.2) is 29.3 Å². The van der Waals surface area contributed by atoms with E-state index in [2.05, 4.69) is 60.0 Å². The van der Waals surface area contributed by atoms with Crippen LogP contribution in [-0.2, 0) is 13.1 Å². The molecule has 142 valence electrons. The fourth-order valence-electron chi connectivity index (χ4n) is 3.60. The Labute approximate surface area is 170 Å². The zero-order valence-corrected chi connectivity index (χ0v) is 18.4. The lowest BCUT2D eigenvalue weighted by Gasteiger charge is -2.31. The summed E-state index contributed by atoms with van der Waals surface area (Å²) in [7, 11) is 2.26. The van der Waals surface area contributed by atoms with E-state index in [0.717, 1.165) is 25.7 Å². The maximum Gasteiger partial charge on any atom is 0.191 e. The van der Waals surface area contributed by atoms with Crippen molar-refractivity contribution < 1.29 is 0 Å². The molecule has 0 atom stereocenters. The van der Waals surface area contributed by atoms with Gasteiger partial charge >= 0.3 is 0 Å². The monoisotopic (exact) mass is 458 g/mol. The van der Waals surface area contributed by atoms with Gasteiger partial charge in [0.05, 0.1) is 6.54 Å². The SMILES string of the molecule is CCN(CC)C(N)=NCc1ccccc1CN(C)C1CCCCC1.I. The Morgan fingerprint density at radius 3 is 2.28 bits per heavy atom. The Morgan fingerprint density at radius 1 is 1.08 bits per heavy atom. The number of nitrogens with two attached hydrogens (primary N) is 1. The van der Waals surface area contributed by atoms with E-state index in [1.165, 1.54) is 43.2 Å². The molecule has 0 unspecified atom stereocenters. The fourth-order valence-corrected chi connectivity index (χ4v) is 3.60. The van der Waals surface area contributed by atoms with E-state index in [1.807, 2.05) is 0 Å². The zero-order chi connectivity index (χ0) is 17.4. The van der Waals surface area contributed by atoms with E-state index in [0.29, 0.717) is 12.5 Å². The Kier molecular flexibility index (Phi) is 10.4. The van der Waals surface area contributed by atoms with Crippen molar-refractivity contribution in [3.63, 3.8) is 0 Å². The van der Waals surface area contributed by atoms with Crippen LogP contribution in [0.1, 0.15) is 57.1 Å². The minimum Gasteiger partial charge on any atom is -0.370 e. The number of halogens is 1. The lowest BCUT2D eigenvalue weighted by atomic mass is 9.94. The highest BCUT2D eigenvalue weighted by Crippen LogP contribution is 2.23. The van der Waals surface area contributed by atoms with Crippen molar-refractivity contribution in [2.24, 2.45) is 10.7 Å². The van der Waals surface area contributed by atoms with Gasteiger partial charge in [-0.05, 0) is 44.9 Å². The molecule has 0 amide bonds. The van der Waals surface area contributed by atoms with Crippen molar-refractivity contribution in [2.45, 2.75) is 65.1 Å². The van der Waals surface area contributed by atoms with Crippen molar-refractivity contribution in [3.05, 3.63) is 35.4 Å². The Hall–Kier alpha value is -0.820. The van der Waals surface area contributed by atoms with Crippen LogP contribution < -0.4 is 5.73 Å². The Bertz CT molecular complexity index is 522. The van der Waals surface area contributed by atoms with Gasteiger partial charge in [0.15, 0.2) is 5.96 Å². The van der Waals surface area contributed by atoms with Crippen LogP contribution in [0, 0.1) is 0 Å². The lowest BCUT2D eigenvalue weighted by molar-refractivity contribution is 0.184. The third-order valence-corrected chi connectivity index (χ3v) is 5.24. The van der Waals surface area contributed by atoms with Crippen LogP contribution in [0.2, 0.25) is 0 Å². The van der Waals surface area contributed by atoms with Gasteiger partial charge in [0, 0.05) is 25.7 Å². The second kappa shape index (κ2) is 11.7. The highest BCUT2D eigenvalue weighted by atomic mass is 127. The minimum absolute atomic E-state index is 0. The second-order valence-electron chi connectivity index (χ2n) is 6.82. The number of benzene rings is 1. The number of nitrogens with zero attached hydrogens (tertiary/aromatic N) is 3. The molecule has 0 aliphatic heterocycles. The summed E-state index contributed by atoms with van der Waals surface area (Å²) in [5, 5.41) is 0. The van der Waals surface area contributed by atoms with E-state index in [4.69, 9.17) is 5.73 Å². The number of rotatable bonds is 7. The minimum atomic E-state index is 0. The van der Waals surface area contributed by atoms with Gasteiger partial charge in [0.2, 0.25) is 0 Å². The summed E-state index contributed by atoms with van der Waals surface area (Å²) in [6.07, 6.45) is 6.83. The van der Waals surface area contributed by atoms with Crippen molar-refractivity contribution in [2.75, 3.05) is 20.1 Å². The summed E-state index contributed by atoms with van der Waals surface area (Å²) in [6.45, 7) is 7.69. The predicted molar refractivity (Wildman–Crippen MR) is 118 cm³/mol. The average Bonchev–Trinajstić information content (AvgIpc) is 2.62. The number of hydrogen-bond donors (Lipinski definition) is 1. The van der Waals surface area contributed by atoms with Gasteiger partial charge in [0.25, 0.3) is 0 Å². The van der Waals surface area contributed by atoms with Gasteiger partial charge in [-0.1, -0.05) is 43.5 Å². The van der Waals surface area contributed by atoms with Gasteiger partial charge < -0.3 is 10.6 Å². The topological polar surface area (TPSA) is 44.9 Å². The van der Waals surface area contributed by atoms with Crippen LogP contribution in [0.5, 0.6) is 0 Å². The van der Waals surface area contributed by atoms with Gasteiger partial charge in [0.1, 0.15) is 0 Å². The first-order chi connectivity index (χ1) is 11.7. The maximum absolute atomic E-state index is 6.12. The summed E-state index contributed by atoms with van der Waals surface area (Å²) in [5.74, 6) is 0.649. The summed E-state index contributed by atoms with van der Waals surface area (Å²) in [5.41, 5.74) is 8.78. The van der Waals surface area contributed by atoms with E-state index >= 15 is 0 Å². The van der Waals surface area contributed by atoms with Crippen LogP contribution in [-0.4, -0.2) is 41.9 Å². The van der Waals surface area contributed by atoms with Crippen molar-refractivity contribution in [1.82, 2.24) is 9.80 Å². The molecule has 1 aliphatic rings. The summed E-state index contributed by atoms with van der Waals surface area (Å²) in [6, 6.07) is 9.38. The molecule has 25 heavy (non-hydrogen) atoms. The van der Waals surface area contributed by atoms with Gasteiger partial charge in [-0.25, -0.2) is 4.99 Å². The third-order valence-electron chi connectivity index (χ3n) is 5.24. The standard InChI is InChI=1S/C20H34N4.HI/c1-4-24(5-2)20(21)22-15-17-11-9-10-12-18(17)16-23(3)19-13-7-6-8-14-19;/h9-12,19H,4-8,13-16H2,1-3H3,(H2,21,22);1H. The van der Waals surface area contributed by atoms with Crippen molar-refractivity contribution in [1.29, 1.82) is 0 Å². The molecule has 0 saturated heterocycles. The molecule has 1 aliphatic carbocycles. The lowest BCUT2D eigenvalue weighted by Crippen LogP contribution is -2.37. The molecule has 1 aromatic rings. The largest absolute Gasteiger partial charge is 0.370 e. The van der Waals surface area contributed by atoms with Crippen molar-refractivity contribution >= 4 is 29.9 Å². The molecule has 4 nitrogen and oxygen atoms in total. The van der Waals surface area contributed by atoms with E-state index in [9.17, 15) is 0 Å². The predicted octanol–water partition coefficient (Wildman–Crippen LogP) is 4.23. The molecule has 0 heterocycles. The molecule has 0 radical (unpaired) electrons. The molecular weight excluding hydrogens is 423 g/mol. The highest BCUT2D eigenvalue weighted by molar-refractivity contribution is 14.0. The van der Waals surface area contributed by atoms with Gasteiger partial charge in [-0.15, -0.1) is 24.0 Å². The molecule has 1 aromatic carbocycles. The van der Waals surface area contributed by atoms with Gasteiger partial charge in [-0.2, -0.15) is 0 Å². The quantitative estimate of drug-likeness (QED) is 0.378. The summed E-state index contributed by atoms with van der Waals surface area (Å²) in [4.78, 5) is 9.24. The van der Waals surface area contributed by atoms with Crippen LogP contribution >= 0.6 is 24.0 Å². The molecule has 1 saturated carbocycles. The molecule has 0 spiro atoms. The molecule has 2 rings (SSSR count). The molecule has 2 N–H and O–H groups in total. The smallest absolute Gasteiger partial charge is 0.191 e. The van der Waals surface area contributed by atoms with Crippen LogP contribution in [0.25, 0.3) is 0 Å². The second-order valence-corrected chi connectivity index (χ2v) is 6.82. The highest BCUT2D eigenvalue weighted by Gasteiger charge is 2.18. The average molecular weight is 458 g/mol. The first-order valence-corrected chi connectivity index (χ1v) is 9.47. The van der Waals surface area contributed by atoms with Crippen LogP contribution in [0.4, 0.5) is 0 Å². The van der Waals surface area contributed by atoms with E-state index in [-0.39, 0.29) is 24.0 Å². The Morgan fingerprint density at radius 2 is 1.68 bits per heavy atom. The molecule has 5 heteroatoms.